The first-order valence-electron chi connectivity index (χ1n) is 5.69. The van der Waals surface area contributed by atoms with E-state index in [1.54, 1.807) is 7.05 Å². The lowest BCUT2D eigenvalue weighted by Crippen LogP contribution is -2.35. The Bertz CT molecular complexity index is 382. The van der Waals surface area contributed by atoms with E-state index < -0.39 is 0 Å². The van der Waals surface area contributed by atoms with Crippen LogP contribution in [-0.2, 0) is 4.79 Å². The van der Waals surface area contributed by atoms with Crippen LogP contribution in [0.5, 0.6) is 0 Å². The molecule has 0 bridgehead atoms. The fourth-order valence-electron chi connectivity index (χ4n) is 1.21. The van der Waals surface area contributed by atoms with E-state index in [-0.39, 0.29) is 17.5 Å². The van der Waals surface area contributed by atoms with Crippen molar-refractivity contribution in [1.29, 1.82) is 0 Å². The van der Waals surface area contributed by atoms with Gasteiger partial charge in [0, 0.05) is 38.4 Å². The average molecular weight is 251 g/mol. The summed E-state index contributed by atoms with van der Waals surface area (Å²) in [5.74, 6) is -0.342. The third-order valence-electron chi connectivity index (χ3n) is 2.13. The van der Waals surface area contributed by atoms with Gasteiger partial charge in [0.15, 0.2) is 0 Å². The molecule has 0 fully saturated rings. The molecule has 0 spiro atoms. The summed E-state index contributed by atoms with van der Waals surface area (Å²) in [7, 11) is 1.79. The molecule has 0 aromatic carbocycles. The zero-order chi connectivity index (χ0) is 13.2. The van der Waals surface area contributed by atoms with Gasteiger partial charge in [-0.1, -0.05) is 0 Å². The third kappa shape index (κ3) is 5.35. The van der Waals surface area contributed by atoms with E-state index in [9.17, 15) is 9.59 Å². The molecular weight excluding hydrogens is 234 g/mol. The van der Waals surface area contributed by atoms with Crippen LogP contribution in [0, 0.1) is 0 Å². The Morgan fingerprint density at radius 2 is 1.94 bits per heavy atom. The predicted molar refractivity (Wildman–Crippen MR) is 65.9 cm³/mol. The Labute approximate surface area is 105 Å². The maximum atomic E-state index is 11.5. The maximum Gasteiger partial charge on any atom is 0.271 e. The minimum Gasteiger partial charge on any atom is -0.354 e. The summed E-state index contributed by atoms with van der Waals surface area (Å²) in [6.45, 7) is 1.40. The van der Waals surface area contributed by atoms with Crippen LogP contribution in [0.15, 0.2) is 18.6 Å². The summed E-state index contributed by atoms with van der Waals surface area (Å²) in [4.78, 5) is 30.4. The first kappa shape index (κ1) is 14.0. The number of hydrogen-bond donors (Lipinski definition) is 3. The van der Waals surface area contributed by atoms with E-state index in [1.165, 1.54) is 18.6 Å². The number of amides is 2. The fraction of sp³-hybridized carbons (Fsp3) is 0.455. The van der Waals surface area contributed by atoms with Crippen LogP contribution < -0.4 is 16.0 Å². The zero-order valence-electron chi connectivity index (χ0n) is 10.3. The molecular formula is C11H17N5O2. The molecule has 0 saturated carbocycles. The minimum atomic E-state index is -0.299. The molecule has 2 amide bonds. The normalized spacial score (nSPS) is 9.83. The Morgan fingerprint density at radius 3 is 2.61 bits per heavy atom. The first-order chi connectivity index (χ1) is 8.74. The molecule has 1 rings (SSSR count). The third-order valence-corrected chi connectivity index (χ3v) is 2.13. The molecule has 98 valence electrons. The van der Waals surface area contributed by atoms with Gasteiger partial charge < -0.3 is 16.0 Å². The van der Waals surface area contributed by atoms with Crippen LogP contribution >= 0.6 is 0 Å². The van der Waals surface area contributed by atoms with Crippen LogP contribution in [0.2, 0.25) is 0 Å². The number of carbonyl (C=O) groups excluding carboxylic acids is 2. The van der Waals surface area contributed by atoms with Gasteiger partial charge in [-0.15, -0.1) is 0 Å². The summed E-state index contributed by atoms with van der Waals surface area (Å²) in [6, 6.07) is 0. The van der Waals surface area contributed by atoms with Crippen LogP contribution in [-0.4, -0.2) is 48.5 Å². The average Bonchev–Trinajstić information content (AvgIpc) is 2.42. The van der Waals surface area contributed by atoms with Crippen molar-refractivity contribution < 1.29 is 9.59 Å². The lowest BCUT2D eigenvalue weighted by Gasteiger charge is -2.06. The highest BCUT2D eigenvalue weighted by Crippen LogP contribution is 1.88. The topological polar surface area (TPSA) is 96.0 Å². The summed E-state index contributed by atoms with van der Waals surface area (Å²) in [5.41, 5.74) is 0.263. The van der Waals surface area contributed by atoms with E-state index in [1.807, 2.05) is 0 Å². The quantitative estimate of drug-likeness (QED) is 0.536. The van der Waals surface area contributed by atoms with Gasteiger partial charge >= 0.3 is 0 Å². The number of nitrogens with zero attached hydrogens (tertiary/aromatic N) is 2. The lowest BCUT2D eigenvalue weighted by molar-refractivity contribution is -0.120. The van der Waals surface area contributed by atoms with Crippen molar-refractivity contribution in [1.82, 2.24) is 25.9 Å². The second-order valence-corrected chi connectivity index (χ2v) is 3.55. The first-order valence-corrected chi connectivity index (χ1v) is 5.69. The Hall–Kier alpha value is -2.02. The van der Waals surface area contributed by atoms with Crippen LogP contribution in [0.1, 0.15) is 16.9 Å². The monoisotopic (exact) mass is 251 g/mol. The van der Waals surface area contributed by atoms with Gasteiger partial charge in [-0.05, 0) is 7.05 Å². The highest BCUT2D eigenvalue weighted by molar-refractivity contribution is 5.91. The Kier molecular flexibility index (Phi) is 6.34. The highest BCUT2D eigenvalue weighted by atomic mass is 16.2. The van der Waals surface area contributed by atoms with Crippen molar-refractivity contribution in [3.05, 3.63) is 24.3 Å². The van der Waals surface area contributed by atoms with Gasteiger partial charge in [0.25, 0.3) is 5.91 Å². The van der Waals surface area contributed by atoms with E-state index >= 15 is 0 Å². The highest BCUT2D eigenvalue weighted by Gasteiger charge is 2.05. The van der Waals surface area contributed by atoms with Gasteiger partial charge in [0.2, 0.25) is 5.91 Å². The van der Waals surface area contributed by atoms with E-state index in [0.29, 0.717) is 26.1 Å². The molecule has 0 radical (unpaired) electrons. The molecule has 0 saturated heterocycles. The van der Waals surface area contributed by atoms with Crippen molar-refractivity contribution in [2.45, 2.75) is 6.42 Å². The summed E-state index contributed by atoms with van der Waals surface area (Å²) in [6.07, 6.45) is 4.77. The number of hydrogen-bond acceptors (Lipinski definition) is 5. The maximum absolute atomic E-state index is 11.5. The second kappa shape index (κ2) is 8.13. The molecule has 1 aromatic rings. The molecule has 3 N–H and O–H groups in total. The van der Waals surface area contributed by atoms with E-state index in [4.69, 9.17) is 0 Å². The summed E-state index contributed by atoms with van der Waals surface area (Å²) < 4.78 is 0. The number of rotatable bonds is 7. The zero-order valence-corrected chi connectivity index (χ0v) is 10.3. The van der Waals surface area contributed by atoms with Crippen molar-refractivity contribution in [2.24, 2.45) is 0 Å². The van der Waals surface area contributed by atoms with Crippen LogP contribution in [0.3, 0.4) is 0 Å². The van der Waals surface area contributed by atoms with Gasteiger partial charge in [0.1, 0.15) is 5.69 Å². The molecule has 1 heterocycles. The van der Waals surface area contributed by atoms with E-state index in [2.05, 4.69) is 25.9 Å². The van der Waals surface area contributed by atoms with Crippen LogP contribution in [0.25, 0.3) is 0 Å². The standard InChI is InChI=1S/C11H17N5O2/c1-12-3-2-10(17)15-6-7-16-11(18)9-8-13-4-5-14-9/h4-5,8,12H,2-3,6-7H2,1H3,(H,15,17)(H,16,18). The smallest absolute Gasteiger partial charge is 0.271 e. The number of nitrogens with one attached hydrogen (secondary N) is 3. The lowest BCUT2D eigenvalue weighted by atomic mass is 10.4. The van der Waals surface area contributed by atoms with Crippen LogP contribution in [0.4, 0.5) is 0 Å². The van der Waals surface area contributed by atoms with Crippen molar-refractivity contribution in [3.63, 3.8) is 0 Å². The van der Waals surface area contributed by atoms with Gasteiger partial charge in [-0.2, -0.15) is 0 Å². The molecule has 7 heteroatoms. The van der Waals surface area contributed by atoms with Crippen molar-refractivity contribution in [2.75, 3.05) is 26.7 Å². The van der Waals surface area contributed by atoms with Gasteiger partial charge in [0.05, 0.1) is 6.20 Å². The van der Waals surface area contributed by atoms with Crippen molar-refractivity contribution >= 4 is 11.8 Å². The fourth-order valence-corrected chi connectivity index (χ4v) is 1.21. The summed E-state index contributed by atoms with van der Waals surface area (Å²) >= 11 is 0. The molecule has 7 nitrogen and oxygen atoms in total. The van der Waals surface area contributed by atoms with E-state index in [0.717, 1.165) is 0 Å². The van der Waals surface area contributed by atoms with Gasteiger partial charge in [-0.25, -0.2) is 4.98 Å². The molecule has 0 unspecified atom stereocenters. The SMILES string of the molecule is CNCCC(=O)NCCNC(=O)c1cnccn1. The Balaban J connectivity index is 2.15. The number of carbonyl (C=O) groups is 2. The molecule has 0 aliphatic rings. The molecule has 18 heavy (non-hydrogen) atoms. The molecule has 1 aromatic heterocycles. The Morgan fingerprint density at radius 1 is 1.17 bits per heavy atom. The van der Waals surface area contributed by atoms with Gasteiger partial charge in [-0.3, -0.25) is 14.6 Å². The summed E-state index contributed by atoms with van der Waals surface area (Å²) in [5, 5.41) is 8.22. The predicted octanol–water partition coefficient (Wildman–Crippen LogP) is -1.07. The minimum absolute atomic E-state index is 0.0434. The largest absolute Gasteiger partial charge is 0.354 e. The molecule has 0 aliphatic carbocycles. The molecule has 0 atom stereocenters. The number of aromatic nitrogens is 2. The second-order valence-electron chi connectivity index (χ2n) is 3.55. The van der Waals surface area contributed by atoms with Crippen molar-refractivity contribution in [3.8, 4) is 0 Å². The molecule has 0 aliphatic heterocycles.